The van der Waals surface area contributed by atoms with Gasteiger partial charge in [0.2, 0.25) is 0 Å². The summed E-state index contributed by atoms with van der Waals surface area (Å²) in [6, 6.07) is 4.69. The standard InChI is InChI=1S/C12H12FN3S/c1-7-8(2)16(6-15-7)11-4-3-9(12(14)17)5-10(11)13/h3-6H,1-2H3,(H2,14,17). The lowest BCUT2D eigenvalue weighted by molar-refractivity contribution is 0.616. The molecule has 2 N–H and O–H groups in total. The summed E-state index contributed by atoms with van der Waals surface area (Å²) < 4.78 is 15.6. The number of hydrogen-bond donors (Lipinski definition) is 1. The molecule has 0 aliphatic carbocycles. The van der Waals surface area contributed by atoms with Gasteiger partial charge in [0.25, 0.3) is 0 Å². The maximum atomic E-state index is 13.9. The van der Waals surface area contributed by atoms with Gasteiger partial charge in [-0.2, -0.15) is 0 Å². The summed E-state index contributed by atoms with van der Waals surface area (Å²) in [5.74, 6) is -0.365. The molecule has 0 bridgehead atoms. The van der Waals surface area contributed by atoms with Crippen molar-refractivity contribution in [3.63, 3.8) is 0 Å². The number of imidazole rings is 1. The van der Waals surface area contributed by atoms with E-state index in [4.69, 9.17) is 18.0 Å². The van der Waals surface area contributed by atoms with Crippen molar-refractivity contribution in [1.82, 2.24) is 9.55 Å². The van der Waals surface area contributed by atoms with Gasteiger partial charge >= 0.3 is 0 Å². The molecule has 0 saturated carbocycles. The second-order valence-electron chi connectivity index (χ2n) is 3.82. The van der Waals surface area contributed by atoms with Gasteiger partial charge in [0.05, 0.1) is 17.7 Å². The normalized spacial score (nSPS) is 10.5. The lowest BCUT2D eigenvalue weighted by atomic mass is 10.2. The van der Waals surface area contributed by atoms with E-state index in [0.717, 1.165) is 11.4 Å². The number of halogens is 1. The SMILES string of the molecule is Cc1ncn(-c2ccc(C(N)=S)cc2F)c1C. The average Bonchev–Trinajstić information content (AvgIpc) is 2.60. The van der Waals surface area contributed by atoms with Crippen LogP contribution in [0.2, 0.25) is 0 Å². The number of hydrogen-bond acceptors (Lipinski definition) is 2. The third-order valence-corrected chi connectivity index (χ3v) is 2.98. The summed E-state index contributed by atoms with van der Waals surface area (Å²) in [4.78, 5) is 4.33. The third kappa shape index (κ3) is 2.06. The quantitative estimate of drug-likeness (QED) is 0.830. The molecule has 0 saturated heterocycles. The molecule has 0 spiro atoms. The topological polar surface area (TPSA) is 43.8 Å². The molecule has 5 heteroatoms. The van der Waals surface area contributed by atoms with E-state index in [1.165, 1.54) is 6.07 Å². The molecule has 0 radical (unpaired) electrons. The molecule has 88 valence electrons. The number of aromatic nitrogens is 2. The Kier molecular flexibility index (Phi) is 2.93. The molecule has 2 rings (SSSR count). The first-order chi connectivity index (χ1) is 8.00. The maximum absolute atomic E-state index is 13.9. The minimum absolute atomic E-state index is 0.189. The minimum atomic E-state index is -0.365. The van der Waals surface area contributed by atoms with Crippen LogP contribution in [0.15, 0.2) is 24.5 Å². The highest BCUT2D eigenvalue weighted by atomic mass is 32.1. The van der Waals surface area contributed by atoms with Crippen molar-refractivity contribution < 1.29 is 4.39 Å². The Hall–Kier alpha value is -1.75. The minimum Gasteiger partial charge on any atom is -0.389 e. The van der Waals surface area contributed by atoms with Crippen molar-refractivity contribution in [2.75, 3.05) is 0 Å². The van der Waals surface area contributed by atoms with Crippen molar-refractivity contribution in [1.29, 1.82) is 0 Å². The summed E-state index contributed by atoms with van der Waals surface area (Å²) in [6.45, 7) is 3.77. The first kappa shape index (κ1) is 11.7. The largest absolute Gasteiger partial charge is 0.389 e. The van der Waals surface area contributed by atoms with E-state index < -0.39 is 0 Å². The highest BCUT2D eigenvalue weighted by Gasteiger charge is 2.10. The van der Waals surface area contributed by atoms with Gasteiger partial charge in [-0.3, -0.25) is 0 Å². The van der Waals surface area contributed by atoms with Crippen LogP contribution < -0.4 is 5.73 Å². The second-order valence-corrected chi connectivity index (χ2v) is 4.26. The smallest absolute Gasteiger partial charge is 0.147 e. The molecular weight excluding hydrogens is 237 g/mol. The molecule has 2 aromatic rings. The average molecular weight is 249 g/mol. The molecule has 0 aliphatic heterocycles. The Morgan fingerprint density at radius 3 is 2.59 bits per heavy atom. The number of nitrogens with two attached hydrogens (primary N) is 1. The van der Waals surface area contributed by atoms with Crippen LogP contribution >= 0.6 is 12.2 Å². The van der Waals surface area contributed by atoms with Crippen LogP contribution in [-0.2, 0) is 0 Å². The summed E-state index contributed by atoms with van der Waals surface area (Å²) in [7, 11) is 0. The zero-order chi connectivity index (χ0) is 12.6. The molecule has 17 heavy (non-hydrogen) atoms. The first-order valence-corrected chi connectivity index (χ1v) is 5.52. The summed E-state index contributed by atoms with van der Waals surface area (Å²) in [5.41, 5.74) is 8.21. The monoisotopic (exact) mass is 249 g/mol. The molecule has 0 amide bonds. The Balaban J connectivity index is 2.54. The lowest BCUT2D eigenvalue weighted by Gasteiger charge is -2.08. The third-order valence-electron chi connectivity index (χ3n) is 2.74. The van der Waals surface area contributed by atoms with Crippen LogP contribution in [0.4, 0.5) is 4.39 Å². The van der Waals surface area contributed by atoms with E-state index in [9.17, 15) is 4.39 Å². The van der Waals surface area contributed by atoms with E-state index >= 15 is 0 Å². The zero-order valence-electron chi connectivity index (χ0n) is 9.57. The predicted molar refractivity (Wildman–Crippen MR) is 68.9 cm³/mol. The van der Waals surface area contributed by atoms with Gasteiger partial charge in [-0.1, -0.05) is 12.2 Å². The fourth-order valence-corrected chi connectivity index (χ4v) is 1.72. The van der Waals surface area contributed by atoms with Crippen LogP contribution in [0.5, 0.6) is 0 Å². The van der Waals surface area contributed by atoms with Crippen molar-refractivity contribution in [2.45, 2.75) is 13.8 Å². The van der Waals surface area contributed by atoms with Gasteiger partial charge in [0.1, 0.15) is 10.8 Å². The van der Waals surface area contributed by atoms with E-state index in [1.54, 1.807) is 23.0 Å². The van der Waals surface area contributed by atoms with Crippen LogP contribution in [0, 0.1) is 19.7 Å². The highest BCUT2D eigenvalue weighted by molar-refractivity contribution is 7.80. The van der Waals surface area contributed by atoms with Crippen LogP contribution in [0.1, 0.15) is 17.0 Å². The first-order valence-electron chi connectivity index (χ1n) is 5.11. The number of aryl methyl sites for hydroxylation is 1. The van der Waals surface area contributed by atoms with Gasteiger partial charge in [-0.15, -0.1) is 0 Å². The van der Waals surface area contributed by atoms with Gasteiger partial charge in [-0.05, 0) is 32.0 Å². The number of rotatable bonds is 2. The van der Waals surface area contributed by atoms with E-state index in [-0.39, 0.29) is 10.8 Å². The Morgan fingerprint density at radius 1 is 1.41 bits per heavy atom. The Morgan fingerprint density at radius 2 is 2.12 bits per heavy atom. The van der Waals surface area contributed by atoms with Crippen molar-refractivity contribution in [3.8, 4) is 5.69 Å². The van der Waals surface area contributed by atoms with Gasteiger partial charge in [0.15, 0.2) is 0 Å². The fourth-order valence-electron chi connectivity index (χ4n) is 1.60. The molecule has 1 aromatic carbocycles. The molecular formula is C12H12FN3S. The number of thiocarbonyl (C=S) groups is 1. The van der Waals surface area contributed by atoms with Crippen molar-refractivity contribution >= 4 is 17.2 Å². The van der Waals surface area contributed by atoms with Crippen molar-refractivity contribution in [2.24, 2.45) is 5.73 Å². The highest BCUT2D eigenvalue weighted by Crippen LogP contribution is 2.18. The van der Waals surface area contributed by atoms with E-state index in [2.05, 4.69) is 4.98 Å². The van der Waals surface area contributed by atoms with E-state index in [0.29, 0.717) is 11.3 Å². The fraction of sp³-hybridized carbons (Fsp3) is 0.167. The van der Waals surface area contributed by atoms with E-state index in [1.807, 2.05) is 13.8 Å². The molecule has 1 aromatic heterocycles. The Bertz CT molecular complexity index is 589. The molecule has 0 unspecified atom stereocenters. The van der Waals surface area contributed by atoms with Gasteiger partial charge in [-0.25, -0.2) is 9.37 Å². The number of nitrogens with zero attached hydrogens (tertiary/aromatic N) is 2. The van der Waals surface area contributed by atoms with Gasteiger partial charge < -0.3 is 10.3 Å². The lowest BCUT2D eigenvalue weighted by Crippen LogP contribution is -2.10. The summed E-state index contributed by atoms with van der Waals surface area (Å²) in [5, 5.41) is 0. The maximum Gasteiger partial charge on any atom is 0.147 e. The molecule has 0 atom stereocenters. The Labute approximate surface area is 104 Å². The summed E-state index contributed by atoms with van der Waals surface area (Å²) >= 11 is 4.80. The van der Waals surface area contributed by atoms with Gasteiger partial charge in [0, 0.05) is 11.3 Å². The predicted octanol–water partition coefficient (Wildman–Crippen LogP) is 2.26. The molecule has 0 fully saturated rings. The molecule has 3 nitrogen and oxygen atoms in total. The number of benzene rings is 1. The van der Waals surface area contributed by atoms with Crippen LogP contribution in [-0.4, -0.2) is 14.5 Å². The summed E-state index contributed by atoms with van der Waals surface area (Å²) in [6.07, 6.45) is 1.60. The molecule has 1 heterocycles. The van der Waals surface area contributed by atoms with Crippen LogP contribution in [0.25, 0.3) is 5.69 Å². The van der Waals surface area contributed by atoms with Crippen LogP contribution in [0.3, 0.4) is 0 Å². The molecule has 0 aliphatic rings. The van der Waals surface area contributed by atoms with Crippen molar-refractivity contribution in [3.05, 3.63) is 47.3 Å². The second kappa shape index (κ2) is 4.25. The zero-order valence-corrected chi connectivity index (χ0v) is 10.4.